The van der Waals surface area contributed by atoms with Gasteiger partial charge in [-0.25, -0.2) is 0 Å². The van der Waals surface area contributed by atoms with Crippen LogP contribution in [-0.4, -0.2) is 23.4 Å². The van der Waals surface area contributed by atoms with Crippen molar-refractivity contribution in [3.63, 3.8) is 0 Å². The molecule has 88 valence electrons. The van der Waals surface area contributed by atoms with Gasteiger partial charge in [0.2, 0.25) is 0 Å². The molecule has 1 aromatic rings. The molecule has 1 amide bonds. The summed E-state index contributed by atoms with van der Waals surface area (Å²) in [5.41, 5.74) is 5.45. The Labute approximate surface area is 95.4 Å². The summed E-state index contributed by atoms with van der Waals surface area (Å²) in [5.74, 6) is 1.61. The molecule has 1 aliphatic heterocycles. The largest absolute Gasteiger partial charge is 0.455 e. The number of nitrogens with zero attached hydrogens (tertiary/aromatic N) is 1. The van der Waals surface area contributed by atoms with Crippen LogP contribution in [-0.2, 0) is 6.54 Å². The van der Waals surface area contributed by atoms with Crippen LogP contribution in [0.15, 0.2) is 16.5 Å². The van der Waals surface area contributed by atoms with Gasteiger partial charge in [-0.1, -0.05) is 6.92 Å². The van der Waals surface area contributed by atoms with Crippen LogP contribution in [0.2, 0.25) is 0 Å². The summed E-state index contributed by atoms with van der Waals surface area (Å²) in [7, 11) is 0. The third-order valence-corrected chi connectivity index (χ3v) is 3.12. The number of nitrogens with two attached hydrogens (primary N) is 1. The average molecular weight is 222 g/mol. The highest BCUT2D eigenvalue weighted by Crippen LogP contribution is 2.24. The third-order valence-electron chi connectivity index (χ3n) is 3.12. The van der Waals surface area contributed by atoms with Crippen LogP contribution < -0.4 is 5.73 Å². The molecule has 1 fully saturated rings. The summed E-state index contributed by atoms with van der Waals surface area (Å²) in [6.07, 6.45) is 1.07. The predicted octanol–water partition coefficient (Wildman–Crippen LogP) is 1.61. The van der Waals surface area contributed by atoms with E-state index in [1.165, 1.54) is 0 Å². The van der Waals surface area contributed by atoms with E-state index in [1.807, 2.05) is 4.90 Å². The molecule has 4 heteroatoms. The summed E-state index contributed by atoms with van der Waals surface area (Å²) in [4.78, 5) is 14.0. The quantitative estimate of drug-likeness (QED) is 0.827. The molecule has 0 spiro atoms. The SMILES string of the molecule is CC1CC(C)N(C(=O)c2ccc(CN)o2)C1. The van der Waals surface area contributed by atoms with Crippen molar-refractivity contribution in [3.05, 3.63) is 23.7 Å². The number of amides is 1. The highest BCUT2D eigenvalue weighted by molar-refractivity contribution is 5.92. The molecule has 2 rings (SSSR count). The molecular formula is C12H18N2O2. The number of carbonyl (C=O) groups excluding carboxylic acids is 1. The first-order valence-electron chi connectivity index (χ1n) is 5.71. The van der Waals surface area contributed by atoms with E-state index in [1.54, 1.807) is 12.1 Å². The predicted molar refractivity (Wildman–Crippen MR) is 60.9 cm³/mol. The lowest BCUT2D eigenvalue weighted by atomic mass is 10.1. The van der Waals surface area contributed by atoms with Gasteiger partial charge < -0.3 is 15.1 Å². The van der Waals surface area contributed by atoms with Crippen molar-refractivity contribution in [3.8, 4) is 0 Å². The van der Waals surface area contributed by atoms with Gasteiger partial charge in [0, 0.05) is 12.6 Å². The molecule has 0 saturated carbocycles. The van der Waals surface area contributed by atoms with E-state index in [0.717, 1.165) is 13.0 Å². The Hall–Kier alpha value is -1.29. The average Bonchev–Trinajstić information content (AvgIpc) is 2.84. The van der Waals surface area contributed by atoms with Crippen LogP contribution in [0.1, 0.15) is 36.6 Å². The van der Waals surface area contributed by atoms with Crippen LogP contribution in [0.4, 0.5) is 0 Å². The fourth-order valence-corrected chi connectivity index (χ4v) is 2.33. The van der Waals surface area contributed by atoms with Crippen LogP contribution in [0, 0.1) is 5.92 Å². The highest BCUT2D eigenvalue weighted by Gasteiger charge is 2.31. The van der Waals surface area contributed by atoms with Gasteiger partial charge in [-0.05, 0) is 31.4 Å². The standard InChI is InChI=1S/C12H18N2O2/c1-8-5-9(2)14(7-8)12(15)11-4-3-10(6-13)16-11/h3-4,8-9H,5-7,13H2,1-2H3. The van der Waals surface area contributed by atoms with Crippen LogP contribution in [0.5, 0.6) is 0 Å². The first-order chi connectivity index (χ1) is 7.61. The maximum absolute atomic E-state index is 12.1. The van der Waals surface area contributed by atoms with Gasteiger partial charge in [-0.3, -0.25) is 4.79 Å². The van der Waals surface area contributed by atoms with E-state index in [-0.39, 0.29) is 5.91 Å². The molecule has 0 bridgehead atoms. The van der Waals surface area contributed by atoms with Crippen molar-refractivity contribution in [1.29, 1.82) is 0 Å². The lowest BCUT2D eigenvalue weighted by Gasteiger charge is -2.19. The Bertz CT molecular complexity index is 386. The summed E-state index contributed by atoms with van der Waals surface area (Å²) in [5, 5.41) is 0. The lowest BCUT2D eigenvalue weighted by molar-refractivity contribution is 0.0709. The van der Waals surface area contributed by atoms with Gasteiger partial charge >= 0.3 is 0 Å². The molecule has 16 heavy (non-hydrogen) atoms. The van der Waals surface area contributed by atoms with E-state index >= 15 is 0 Å². The minimum atomic E-state index is -0.0171. The van der Waals surface area contributed by atoms with Gasteiger partial charge in [0.1, 0.15) is 5.76 Å². The zero-order valence-corrected chi connectivity index (χ0v) is 9.77. The molecule has 2 N–H and O–H groups in total. The Morgan fingerprint density at radius 3 is 2.81 bits per heavy atom. The summed E-state index contributed by atoms with van der Waals surface area (Å²) < 4.78 is 5.37. The number of rotatable bonds is 2. The Balaban J connectivity index is 2.13. The van der Waals surface area contributed by atoms with E-state index < -0.39 is 0 Å². The van der Waals surface area contributed by atoms with Crippen molar-refractivity contribution in [2.45, 2.75) is 32.9 Å². The molecular weight excluding hydrogens is 204 g/mol. The zero-order valence-electron chi connectivity index (χ0n) is 9.77. The fourth-order valence-electron chi connectivity index (χ4n) is 2.33. The van der Waals surface area contributed by atoms with Crippen molar-refractivity contribution in [2.75, 3.05) is 6.54 Å². The Morgan fingerprint density at radius 2 is 2.31 bits per heavy atom. The van der Waals surface area contributed by atoms with Gasteiger partial charge in [0.05, 0.1) is 6.54 Å². The Kier molecular flexibility index (Phi) is 3.01. The van der Waals surface area contributed by atoms with Crippen molar-refractivity contribution in [1.82, 2.24) is 4.90 Å². The van der Waals surface area contributed by atoms with E-state index in [4.69, 9.17) is 10.2 Å². The molecule has 2 unspecified atom stereocenters. The topological polar surface area (TPSA) is 59.5 Å². The normalized spacial score (nSPS) is 25.1. The molecule has 2 heterocycles. The van der Waals surface area contributed by atoms with Crippen molar-refractivity contribution >= 4 is 5.91 Å². The molecule has 1 aromatic heterocycles. The number of hydrogen-bond acceptors (Lipinski definition) is 3. The minimum absolute atomic E-state index is 0.0171. The Morgan fingerprint density at radius 1 is 1.56 bits per heavy atom. The summed E-state index contributed by atoms with van der Waals surface area (Å²) in [6.45, 7) is 5.39. The molecule has 1 aliphatic rings. The van der Waals surface area contributed by atoms with Crippen LogP contribution in [0.25, 0.3) is 0 Å². The number of likely N-dealkylation sites (tertiary alicyclic amines) is 1. The first kappa shape index (κ1) is 11.2. The maximum atomic E-state index is 12.1. The van der Waals surface area contributed by atoms with Gasteiger partial charge in [-0.15, -0.1) is 0 Å². The maximum Gasteiger partial charge on any atom is 0.289 e. The zero-order chi connectivity index (χ0) is 11.7. The van der Waals surface area contributed by atoms with Gasteiger partial charge in [0.15, 0.2) is 5.76 Å². The lowest BCUT2D eigenvalue weighted by Crippen LogP contribution is -2.33. The number of furan rings is 1. The monoisotopic (exact) mass is 222 g/mol. The second kappa shape index (κ2) is 4.29. The molecule has 4 nitrogen and oxygen atoms in total. The van der Waals surface area contributed by atoms with Gasteiger partial charge in [0.25, 0.3) is 5.91 Å². The fraction of sp³-hybridized carbons (Fsp3) is 0.583. The summed E-state index contributed by atoms with van der Waals surface area (Å²) in [6, 6.07) is 3.77. The number of hydrogen-bond donors (Lipinski definition) is 1. The van der Waals surface area contributed by atoms with Gasteiger partial charge in [-0.2, -0.15) is 0 Å². The van der Waals surface area contributed by atoms with Crippen LogP contribution >= 0.6 is 0 Å². The van der Waals surface area contributed by atoms with Crippen molar-refractivity contribution in [2.24, 2.45) is 11.7 Å². The molecule has 0 radical (unpaired) electrons. The van der Waals surface area contributed by atoms with E-state index in [9.17, 15) is 4.79 Å². The van der Waals surface area contributed by atoms with Crippen molar-refractivity contribution < 1.29 is 9.21 Å². The highest BCUT2D eigenvalue weighted by atomic mass is 16.4. The van der Waals surface area contributed by atoms with E-state index in [0.29, 0.717) is 30.0 Å². The molecule has 0 aromatic carbocycles. The molecule has 2 atom stereocenters. The van der Waals surface area contributed by atoms with Crippen LogP contribution in [0.3, 0.4) is 0 Å². The van der Waals surface area contributed by atoms with E-state index in [2.05, 4.69) is 13.8 Å². The second-order valence-corrected chi connectivity index (χ2v) is 4.62. The first-order valence-corrected chi connectivity index (χ1v) is 5.71. The number of carbonyl (C=O) groups is 1. The smallest absolute Gasteiger partial charge is 0.289 e. The molecule has 0 aliphatic carbocycles. The second-order valence-electron chi connectivity index (χ2n) is 4.62. The summed E-state index contributed by atoms with van der Waals surface area (Å²) >= 11 is 0. The molecule has 1 saturated heterocycles. The minimum Gasteiger partial charge on any atom is -0.455 e. The third kappa shape index (κ3) is 1.97.